The molecule has 32 heavy (non-hydrogen) atoms. The lowest BCUT2D eigenvalue weighted by Crippen LogP contribution is -2.34. The van der Waals surface area contributed by atoms with E-state index in [4.69, 9.17) is 21.4 Å². The molecular formula is C23H25ClN2O6. The number of phenols is 1. The van der Waals surface area contributed by atoms with Gasteiger partial charge in [-0.15, -0.1) is 0 Å². The zero-order valence-corrected chi connectivity index (χ0v) is 18.1. The van der Waals surface area contributed by atoms with Crippen LogP contribution in [0.2, 0.25) is 5.02 Å². The van der Waals surface area contributed by atoms with Crippen molar-refractivity contribution in [2.45, 2.75) is 31.8 Å². The molecule has 0 heterocycles. The summed E-state index contributed by atoms with van der Waals surface area (Å²) in [6, 6.07) is 10.9. The molecule has 2 amide bonds. The van der Waals surface area contributed by atoms with Crippen LogP contribution in [0.25, 0.3) is 0 Å². The average molecular weight is 461 g/mol. The van der Waals surface area contributed by atoms with Gasteiger partial charge in [-0.1, -0.05) is 11.6 Å². The van der Waals surface area contributed by atoms with Crippen LogP contribution in [0.1, 0.15) is 46.4 Å². The fourth-order valence-corrected chi connectivity index (χ4v) is 3.67. The molecule has 1 aliphatic rings. The maximum atomic E-state index is 12.3. The van der Waals surface area contributed by atoms with Crippen LogP contribution in [0.3, 0.4) is 0 Å². The molecule has 0 saturated heterocycles. The molecule has 3 rings (SSSR count). The highest BCUT2D eigenvalue weighted by Crippen LogP contribution is 2.30. The number of nitrogens with one attached hydrogen (secondary N) is 2. The van der Waals surface area contributed by atoms with Crippen molar-refractivity contribution in [3.05, 3.63) is 58.6 Å². The second-order valence-electron chi connectivity index (χ2n) is 7.63. The highest BCUT2D eigenvalue weighted by molar-refractivity contribution is 6.30. The van der Waals surface area contributed by atoms with Crippen molar-refractivity contribution >= 4 is 29.4 Å². The number of phenolic OH excluding ortho intramolecular Hbond substituents is 1. The minimum atomic E-state index is -0.777. The number of hydrogen-bond acceptors (Lipinski definition) is 5. The van der Waals surface area contributed by atoms with Crippen LogP contribution < -0.4 is 15.4 Å². The van der Waals surface area contributed by atoms with Crippen LogP contribution in [0.15, 0.2) is 42.5 Å². The number of ether oxygens (including phenoxy) is 1. The molecule has 170 valence electrons. The smallest absolute Gasteiger partial charge is 0.306 e. The van der Waals surface area contributed by atoms with E-state index in [1.165, 1.54) is 12.1 Å². The Labute approximate surface area is 190 Å². The molecule has 1 aliphatic carbocycles. The molecule has 2 aromatic rings. The fraction of sp³-hybridized carbons (Fsp3) is 0.348. The van der Waals surface area contributed by atoms with Crippen molar-refractivity contribution in [3.8, 4) is 11.5 Å². The zero-order chi connectivity index (χ0) is 23.1. The number of carbonyl (C=O) groups excluding carboxylic acids is 2. The van der Waals surface area contributed by atoms with Gasteiger partial charge in [0.15, 0.2) is 0 Å². The molecule has 0 atom stereocenters. The third-order valence-electron chi connectivity index (χ3n) is 5.34. The Morgan fingerprint density at radius 1 is 0.938 bits per heavy atom. The summed E-state index contributed by atoms with van der Waals surface area (Å²) in [7, 11) is 0. The van der Waals surface area contributed by atoms with Gasteiger partial charge < -0.3 is 25.6 Å². The van der Waals surface area contributed by atoms with Gasteiger partial charge in [0, 0.05) is 29.7 Å². The molecule has 0 aromatic heterocycles. The van der Waals surface area contributed by atoms with E-state index in [-0.39, 0.29) is 42.3 Å². The highest BCUT2D eigenvalue weighted by atomic mass is 35.5. The van der Waals surface area contributed by atoms with Crippen molar-refractivity contribution < 1.29 is 29.3 Å². The van der Waals surface area contributed by atoms with E-state index in [9.17, 15) is 19.5 Å². The number of hydrogen-bond donors (Lipinski definition) is 4. The van der Waals surface area contributed by atoms with Crippen LogP contribution in [0, 0.1) is 5.92 Å². The highest BCUT2D eigenvalue weighted by Gasteiger charge is 2.27. The standard InChI is InChI=1S/C23H25ClN2O6/c24-16-5-1-14(2-6-16)21(28)25-11-12-26-22(29)19-10-9-18(13-20(19)27)32-17-7-3-15(4-8-17)23(30)31/h1-2,5-6,9-10,13,15,17,27H,3-4,7-8,11-12H2,(H,25,28)(H,26,29)(H,30,31)/t15-,17+. The van der Waals surface area contributed by atoms with Crippen LogP contribution >= 0.6 is 11.6 Å². The van der Waals surface area contributed by atoms with Crippen molar-refractivity contribution in [3.63, 3.8) is 0 Å². The van der Waals surface area contributed by atoms with E-state index in [2.05, 4.69) is 10.6 Å². The molecule has 1 saturated carbocycles. The van der Waals surface area contributed by atoms with Crippen LogP contribution in [0.4, 0.5) is 0 Å². The van der Waals surface area contributed by atoms with Gasteiger partial charge >= 0.3 is 5.97 Å². The van der Waals surface area contributed by atoms with Gasteiger partial charge in [-0.25, -0.2) is 0 Å². The lowest BCUT2D eigenvalue weighted by molar-refractivity contribution is -0.143. The first-order valence-electron chi connectivity index (χ1n) is 10.4. The van der Waals surface area contributed by atoms with Gasteiger partial charge in [0.05, 0.1) is 17.6 Å². The summed E-state index contributed by atoms with van der Waals surface area (Å²) in [5.74, 6) is -1.65. The summed E-state index contributed by atoms with van der Waals surface area (Å²) < 4.78 is 5.83. The number of rotatable bonds is 8. The molecule has 2 aromatic carbocycles. The summed E-state index contributed by atoms with van der Waals surface area (Å²) in [4.78, 5) is 35.4. The predicted octanol–water partition coefficient (Wildman–Crippen LogP) is 3.23. The number of halogens is 1. The topological polar surface area (TPSA) is 125 Å². The lowest BCUT2D eigenvalue weighted by atomic mass is 9.87. The minimum Gasteiger partial charge on any atom is -0.507 e. The number of aliphatic carboxylic acids is 1. The van der Waals surface area contributed by atoms with E-state index in [1.807, 2.05) is 0 Å². The second kappa shape index (κ2) is 10.9. The minimum absolute atomic E-state index is 0.0935. The van der Waals surface area contributed by atoms with E-state index >= 15 is 0 Å². The van der Waals surface area contributed by atoms with E-state index in [0.29, 0.717) is 42.0 Å². The van der Waals surface area contributed by atoms with E-state index in [0.717, 1.165) is 0 Å². The van der Waals surface area contributed by atoms with Gasteiger partial charge in [0.25, 0.3) is 11.8 Å². The van der Waals surface area contributed by atoms with Crippen LogP contribution in [0.5, 0.6) is 11.5 Å². The van der Waals surface area contributed by atoms with Gasteiger partial charge in [-0.3, -0.25) is 14.4 Å². The number of aromatic hydroxyl groups is 1. The number of carbonyl (C=O) groups is 3. The summed E-state index contributed by atoms with van der Waals surface area (Å²) in [6.07, 6.45) is 2.25. The summed E-state index contributed by atoms with van der Waals surface area (Å²) in [5, 5.41) is 25.2. The van der Waals surface area contributed by atoms with E-state index < -0.39 is 11.9 Å². The summed E-state index contributed by atoms with van der Waals surface area (Å²) in [6.45, 7) is 0.400. The largest absolute Gasteiger partial charge is 0.507 e. The van der Waals surface area contributed by atoms with Gasteiger partial charge in [-0.05, 0) is 62.1 Å². The number of amides is 2. The third-order valence-corrected chi connectivity index (χ3v) is 5.59. The average Bonchev–Trinajstić information content (AvgIpc) is 2.77. The number of carboxylic acids is 1. The number of benzene rings is 2. The van der Waals surface area contributed by atoms with Crippen molar-refractivity contribution in [1.29, 1.82) is 0 Å². The van der Waals surface area contributed by atoms with Crippen LogP contribution in [-0.4, -0.2) is 47.2 Å². The Kier molecular flexibility index (Phi) is 7.94. The monoisotopic (exact) mass is 460 g/mol. The molecule has 0 aliphatic heterocycles. The normalized spacial score (nSPS) is 17.9. The number of carboxylic acid groups (broad SMARTS) is 1. The molecule has 0 unspecified atom stereocenters. The van der Waals surface area contributed by atoms with Crippen LogP contribution in [-0.2, 0) is 4.79 Å². The molecule has 4 N–H and O–H groups in total. The van der Waals surface area contributed by atoms with Gasteiger partial charge in [-0.2, -0.15) is 0 Å². The Bertz CT molecular complexity index is 971. The quantitative estimate of drug-likeness (QED) is 0.448. The SMILES string of the molecule is O=C(NCCNC(=O)c1ccc(O[C@H]2CC[C@@H](C(=O)O)CC2)cc1O)c1ccc(Cl)cc1. The fourth-order valence-electron chi connectivity index (χ4n) is 3.55. The molecule has 0 radical (unpaired) electrons. The zero-order valence-electron chi connectivity index (χ0n) is 17.3. The van der Waals surface area contributed by atoms with E-state index in [1.54, 1.807) is 30.3 Å². The molecule has 9 heteroatoms. The molecule has 0 bridgehead atoms. The maximum absolute atomic E-state index is 12.3. The molecule has 0 spiro atoms. The summed E-state index contributed by atoms with van der Waals surface area (Å²) >= 11 is 5.80. The predicted molar refractivity (Wildman–Crippen MR) is 118 cm³/mol. The first-order valence-corrected chi connectivity index (χ1v) is 10.8. The Balaban J connectivity index is 1.44. The summed E-state index contributed by atoms with van der Waals surface area (Å²) in [5.41, 5.74) is 0.557. The third kappa shape index (κ3) is 6.37. The van der Waals surface area contributed by atoms with Gasteiger partial charge in [0.2, 0.25) is 0 Å². The van der Waals surface area contributed by atoms with Gasteiger partial charge in [0.1, 0.15) is 11.5 Å². The lowest BCUT2D eigenvalue weighted by Gasteiger charge is -2.26. The van der Waals surface area contributed by atoms with Crippen molar-refractivity contribution in [1.82, 2.24) is 10.6 Å². The molecular weight excluding hydrogens is 436 g/mol. The molecule has 1 fully saturated rings. The van der Waals surface area contributed by atoms with Crippen molar-refractivity contribution in [2.75, 3.05) is 13.1 Å². The Hall–Kier alpha value is -3.26. The maximum Gasteiger partial charge on any atom is 0.306 e. The first-order chi connectivity index (χ1) is 15.3. The first kappa shape index (κ1) is 23.4. The Morgan fingerprint density at radius 2 is 1.56 bits per heavy atom. The second-order valence-corrected chi connectivity index (χ2v) is 8.06. The molecule has 8 nitrogen and oxygen atoms in total. The Morgan fingerprint density at radius 3 is 2.16 bits per heavy atom. The van der Waals surface area contributed by atoms with Crippen molar-refractivity contribution in [2.24, 2.45) is 5.92 Å².